The summed E-state index contributed by atoms with van der Waals surface area (Å²) in [6.45, 7) is 1.98. The number of aromatic nitrogens is 1. The molecule has 0 bridgehead atoms. The Morgan fingerprint density at radius 3 is 1.40 bits per heavy atom. The monoisotopic (exact) mass is 481 g/mol. The van der Waals surface area contributed by atoms with Crippen LogP contribution in [0.5, 0.6) is 0 Å². The quantitative estimate of drug-likeness (QED) is 0.280. The molecule has 188 valence electrons. The van der Waals surface area contributed by atoms with Gasteiger partial charge < -0.3 is 39.6 Å². The number of carboxylic acids is 4. The Balaban J connectivity index is 2.32. The number of carbonyl (C=O) groups is 4. The molecule has 0 saturated heterocycles. The molecule has 0 atom stereocenters. The molecule has 9 nitrogen and oxygen atoms in total. The highest BCUT2D eigenvalue weighted by molar-refractivity contribution is 5.69. The molecule has 0 amide bonds. The van der Waals surface area contributed by atoms with Gasteiger partial charge in [0.2, 0.25) is 0 Å². The van der Waals surface area contributed by atoms with Crippen LogP contribution in [0.4, 0.5) is 0 Å². The molecule has 0 aliphatic heterocycles. The number of benzene rings is 1. The topological polar surface area (TPSA) is 173 Å². The Morgan fingerprint density at radius 2 is 1.03 bits per heavy atom. The molecular formula is C26H27NO8-4. The molecule has 0 saturated carbocycles. The fourth-order valence-corrected chi connectivity index (χ4v) is 4.08. The standard InChI is InChI=1S/C26H31NO8/c1-16-2-4-17(5-3-16)6-7-18-8-21(10-19(12-23(28)29)13-24(30)31)27-22(9-18)11-20(14-25(32)33)15-26(34)35/h2-5,8-9,19-20H,6-7,10-15H2,1H3,(H,28,29)(H,30,31)(H,32,33)(H,34,35)/p-4. The smallest absolute Gasteiger partial charge is 0.0417 e. The van der Waals surface area contributed by atoms with Crippen LogP contribution in [0, 0.1) is 18.8 Å². The molecule has 2 rings (SSSR count). The highest BCUT2D eigenvalue weighted by Crippen LogP contribution is 2.21. The average Bonchev–Trinajstić information content (AvgIpc) is 2.71. The summed E-state index contributed by atoms with van der Waals surface area (Å²) in [7, 11) is 0. The lowest BCUT2D eigenvalue weighted by atomic mass is 9.92. The lowest BCUT2D eigenvalue weighted by Crippen LogP contribution is -2.31. The van der Waals surface area contributed by atoms with Crippen molar-refractivity contribution in [3.63, 3.8) is 0 Å². The highest BCUT2D eigenvalue weighted by atomic mass is 16.4. The second-order valence-electron chi connectivity index (χ2n) is 8.89. The van der Waals surface area contributed by atoms with Crippen LogP contribution in [0.2, 0.25) is 0 Å². The van der Waals surface area contributed by atoms with Crippen molar-refractivity contribution in [3.8, 4) is 0 Å². The number of aryl methyl sites for hydroxylation is 3. The molecule has 0 fully saturated rings. The van der Waals surface area contributed by atoms with Gasteiger partial charge in [0, 0.05) is 35.3 Å². The average molecular weight is 482 g/mol. The van der Waals surface area contributed by atoms with Crippen LogP contribution in [0.25, 0.3) is 0 Å². The van der Waals surface area contributed by atoms with Crippen molar-refractivity contribution < 1.29 is 39.6 Å². The van der Waals surface area contributed by atoms with Gasteiger partial charge in [-0.25, -0.2) is 0 Å². The van der Waals surface area contributed by atoms with Gasteiger partial charge in [-0.05, 0) is 93.4 Å². The molecular weight excluding hydrogens is 454 g/mol. The van der Waals surface area contributed by atoms with Crippen LogP contribution < -0.4 is 20.4 Å². The first-order valence-corrected chi connectivity index (χ1v) is 11.3. The number of nitrogens with zero attached hydrogens (tertiary/aromatic N) is 1. The zero-order valence-electron chi connectivity index (χ0n) is 19.5. The molecule has 1 heterocycles. The predicted molar refractivity (Wildman–Crippen MR) is 116 cm³/mol. The minimum Gasteiger partial charge on any atom is -0.550 e. The van der Waals surface area contributed by atoms with Crippen LogP contribution in [-0.2, 0) is 44.9 Å². The Labute approximate surface area is 203 Å². The van der Waals surface area contributed by atoms with Crippen molar-refractivity contribution in [3.05, 3.63) is 64.5 Å². The SMILES string of the molecule is Cc1ccc(CCc2cc(CC(CC(=O)[O-])CC(=O)[O-])nc(CC(CC(=O)[O-])CC(=O)[O-])c2)cc1. The van der Waals surface area contributed by atoms with Gasteiger partial charge in [0.25, 0.3) is 0 Å². The first-order chi connectivity index (χ1) is 16.5. The van der Waals surface area contributed by atoms with E-state index in [1.807, 2.05) is 31.2 Å². The minimum atomic E-state index is -1.39. The summed E-state index contributed by atoms with van der Waals surface area (Å²) in [6, 6.07) is 11.5. The lowest BCUT2D eigenvalue weighted by Gasteiger charge is -2.21. The fourth-order valence-electron chi connectivity index (χ4n) is 4.08. The maximum Gasteiger partial charge on any atom is 0.0417 e. The van der Waals surface area contributed by atoms with Gasteiger partial charge >= 0.3 is 0 Å². The number of rotatable bonds is 15. The zero-order chi connectivity index (χ0) is 26.0. The Morgan fingerprint density at radius 1 is 0.657 bits per heavy atom. The van der Waals surface area contributed by atoms with E-state index in [9.17, 15) is 39.6 Å². The van der Waals surface area contributed by atoms with E-state index in [2.05, 4.69) is 4.98 Å². The maximum absolute atomic E-state index is 11.1. The van der Waals surface area contributed by atoms with Crippen molar-refractivity contribution in [1.82, 2.24) is 4.98 Å². The summed E-state index contributed by atoms with van der Waals surface area (Å²) in [4.78, 5) is 48.8. The molecule has 0 aliphatic rings. The Kier molecular flexibility index (Phi) is 10.4. The predicted octanol–water partition coefficient (Wildman–Crippen LogP) is -1.95. The molecule has 0 aliphatic carbocycles. The summed E-state index contributed by atoms with van der Waals surface area (Å²) in [6.07, 6.45) is -0.632. The van der Waals surface area contributed by atoms with E-state index >= 15 is 0 Å². The van der Waals surface area contributed by atoms with Gasteiger partial charge in [-0.15, -0.1) is 0 Å². The first kappa shape index (κ1) is 27.5. The minimum absolute atomic E-state index is 0.0268. The molecule has 0 N–H and O–H groups in total. The van der Waals surface area contributed by atoms with Gasteiger partial charge in [-0.3, -0.25) is 4.98 Å². The first-order valence-electron chi connectivity index (χ1n) is 11.3. The summed E-state index contributed by atoms with van der Waals surface area (Å²) in [5, 5.41) is 44.3. The fraction of sp³-hybridized carbons (Fsp3) is 0.423. The van der Waals surface area contributed by atoms with Gasteiger partial charge in [0.15, 0.2) is 0 Å². The lowest BCUT2D eigenvalue weighted by molar-refractivity contribution is -0.312. The third-order valence-electron chi connectivity index (χ3n) is 5.63. The van der Waals surface area contributed by atoms with Gasteiger partial charge in [0.1, 0.15) is 0 Å². The number of pyridine rings is 1. The van der Waals surface area contributed by atoms with Gasteiger partial charge in [0.05, 0.1) is 0 Å². The number of aliphatic carboxylic acids is 4. The Hall–Kier alpha value is -3.75. The van der Waals surface area contributed by atoms with Crippen LogP contribution in [0.1, 0.15) is 53.8 Å². The van der Waals surface area contributed by atoms with E-state index in [1.54, 1.807) is 12.1 Å². The molecule has 1 aromatic carbocycles. The van der Waals surface area contributed by atoms with E-state index in [1.165, 1.54) is 0 Å². The van der Waals surface area contributed by atoms with E-state index in [0.29, 0.717) is 24.2 Å². The second-order valence-corrected chi connectivity index (χ2v) is 8.89. The number of hydrogen-bond donors (Lipinski definition) is 0. The van der Waals surface area contributed by atoms with Crippen molar-refractivity contribution in [2.75, 3.05) is 0 Å². The molecule has 1 aromatic heterocycles. The van der Waals surface area contributed by atoms with Crippen molar-refractivity contribution in [2.45, 2.75) is 58.3 Å². The molecule has 2 aromatic rings. The Bertz CT molecular complexity index is 960. The third kappa shape index (κ3) is 10.8. The summed E-state index contributed by atoms with van der Waals surface area (Å²) >= 11 is 0. The van der Waals surface area contributed by atoms with Gasteiger partial charge in [-0.1, -0.05) is 29.8 Å². The second kappa shape index (κ2) is 13.2. The molecule has 0 spiro atoms. The van der Waals surface area contributed by atoms with Crippen LogP contribution in [0.3, 0.4) is 0 Å². The van der Waals surface area contributed by atoms with Crippen molar-refractivity contribution in [1.29, 1.82) is 0 Å². The van der Waals surface area contributed by atoms with Crippen LogP contribution in [-0.4, -0.2) is 28.9 Å². The molecule has 9 heteroatoms. The maximum atomic E-state index is 11.1. The van der Waals surface area contributed by atoms with Crippen LogP contribution in [0.15, 0.2) is 36.4 Å². The summed E-state index contributed by atoms with van der Waals surface area (Å²) in [5.74, 6) is -7.19. The largest absolute Gasteiger partial charge is 0.550 e. The van der Waals surface area contributed by atoms with E-state index in [0.717, 1.165) is 16.7 Å². The molecule has 0 unspecified atom stereocenters. The van der Waals surface area contributed by atoms with Crippen molar-refractivity contribution >= 4 is 23.9 Å². The van der Waals surface area contributed by atoms with E-state index in [4.69, 9.17) is 0 Å². The van der Waals surface area contributed by atoms with E-state index in [-0.39, 0.29) is 12.8 Å². The van der Waals surface area contributed by atoms with E-state index < -0.39 is 61.4 Å². The third-order valence-corrected chi connectivity index (χ3v) is 5.63. The van der Waals surface area contributed by atoms with Crippen LogP contribution >= 0.6 is 0 Å². The number of carbonyl (C=O) groups excluding carboxylic acids is 4. The van der Waals surface area contributed by atoms with Gasteiger partial charge in [-0.2, -0.15) is 0 Å². The highest BCUT2D eigenvalue weighted by Gasteiger charge is 2.16. The molecule has 35 heavy (non-hydrogen) atoms. The molecule has 0 radical (unpaired) electrons. The zero-order valence-corrected chi connectivity index (χ0v) is 19.5. The van der Waals surface area contributed by atoms with Crippen molar-refractivity contribution in [2.24, 2.45) is 11.8 Å². The number of carboxylic acid groups (broad SMARTS) is 4. The number of hydrogen-bond acceptors (Lipinski definition) is 9. The summed E-state index contributed by atoms with van der Waals surface area (Å²) < 4.78 is 0. The summed E-state index contributed by atoms with van der Waals surface area (Å²) in [5.41, 5.74) is 3.89. The normalized spacial score (nSPS) is 11.1.